The van der Waals surface area contributed by atoms with Crippen LogP contribution in [0.1, 0.15) is 16.1 Å². The molecule has 1 aliphatic heterocycles. The Labute approximate surface area is 141 Å². The van der Waals surface area contributed by atoms with E-state index in [1.807, 2.05) is 30.1 Å². The summed E-state index contributed by atoms with van der Waals surface area (Å²) in [5, 5.41) is 9.10. The molecule has 2 heterocycles. The van der Waals surface area contributed by atoms with Gasteiger partial charge in [-0.25, -0.2) is 9.78 Å². The van der Waals surface area contributed by atoms with Gasteiger partial charge >= 0.3 is 5.97 Å². The van der Waals surface area contributed by atoms with E-state index in [2.05, 4.69) is 22.0 Å². The Hall–Kier alpha value is -2.60. The van der Waals surface area contributed by atoms with Crippen molar-refractivity contribution in [3.05, 3.63) is 53.7 Å². The normalized spacial score (nSPS) is 14.5. The lowest BCUT2D eigenvalue weighted by molar-refractivity contribution is 0.0690. The van der Waals surface area contributed by atoms with Gasteiger partial charge in [0.1, 0.15) is 5.82 Å². The molecule has 0 bridgehead atoms. The SMILES string of the molecule is CN(Cc1ccccc1N1CCOCC1)c1cccc(C(=O)O)n1. The number of anilines is 2. The van der Waals surface area contributed by atoms with Gasteiger partial charge in [0.15, 0.2) is 5.69 Å². The van der Waals surface area contributed by atoms with Crippen LogP contribution in [0.4, 0.5) is 11.5 Å². The first-order chi connectivity index (χ1) is 11.6. The molecule has 0 aliphatic carbocycles. The Bertz CT molecular complexity index is 714. The van der Waals surface area contributed by atoms with Crippen LogP contribution in [0.5, 0.6) is 0 Å². The fraction of sp³-hybridized carbons (Fsp3) is 0.333. The van der Waals surface area contributed by atoms with Gasteiger partial charge in [-0.3, -0.25) is 0 Å². The van der Waals surface area contributed by atoms with Gasteiger partial charge < -0.3 is 19.6 Å². The van der Waals surface area contributed by atoms with Crippen LogP contribution in [0.2, 0.25) is 0 Å². The molecule has 24 heavy (non-hydrogen) atoms. The van der Waals surface area contributed by atoms with Crippen LogP contribution >= 0.6 is 0 Å². The summed E-state index contributed by atoms with van der Waals surface area (Å²) in [5.41, 5.74) is 2.44. The third-order valence-electron chi connectivity index (χ3n) is 4.10. The molecule has 1 aliphatic rings. The number of rotatable bonds is 5. The molecule has 0 radical (unpaired) electrons. The van der Waals surface area contributed by atoms with Gasteiger partial charge in [0.05, 0.1) is 13.2 Å². The standard InChI is InChI=1S/C18H21N3O3/c1-20(17-8-4-6-15(19-17)18(22)23)13-14-5-2-3-7-16(14)21-9-11-24-12-10-21/h2-8H,9-13H2,1H3,(H,22,23). The molecular formula is C18H21N3O3. The lowest BCUT2D eigenvalue weighted by Crippen LogP contribution is -2.37. The summed E-state index contributed by atoms with van der Waals surface area (Å²) >= 11 is 0. The lowest BCUT2D eigenvalue weighted by Gasteiger charge is -2.31. The summed E-state index contributed by atoms with van der Waals surface area (Å²) in [7, 11) is 1.92. The molecule has 0 saturated carbocycles. The van der Waals surface area contributed by atoms with E-state index in [0.717, 1.165) is 26.3 Å². The first kappa shape index (κ1) is 16.3. The van der Waals surface area contributed by atoms with Crippen LogP contribution in [-0.2, 0) is 11.3 Å². The molecule has 1 aromatic carbocycles. The lowest BCUT2D eigenvalue weighted by atomic mass is 10.1. The molecule has 0 atom stereocenters. The number of aromatic carboxylic acids is 1. The third-order valence-corrected chi connectivity index (χ3v) is 4.10. The second-order valence-corrected chi connectivity index (χ2v) is 5.77. The highest BCUT2D eigenvalue weighted by atomic mass is 16.5. The fourth-order valence-electron chi connectivity index (χ4n) is 2.85. The van der Waals surface area contributed by atoms with Crippen molar-refractivity contribution in [1.82, 2.24) is 4.98 Å². The Balaban J connectivity index is 1.80. The molecule has 3 rings (SSSR count). The van der Waals surface area contributed by atoms with Crippen molar-refractivity contribution in [1.29, 1.82) is 0 Å². The van der Waals surface area contributed by atoms with E-state index in [-0.39, 0.29) is 5.69 Å². The molecule has 0 amide bonds. The van der Waals surface area contributed by atoms with Crippen LogP contribution in [0.25, 0.3) is 0 Å². The fourth-order valence-corrected chi connectivity index (χ4v) is 2.85. The molecule has 6 heteroatoms. The maximum atomic E-state index is 11.1. The number of hydrogen-bond acceptors (Lipinski definition) is 5. The van der Waals surface area contributed by atoms with Crippen molar-refractivity contribution >= 4 is 17.5 Å². The van der Waals surface area contributed by atoms with Crippen molar-refractivity contribution in [3.63, 3.8) is 0 Å². The summed E-state index contributed by atoms with van der Waals surface area (Å²) in [6.45, 7) is 3.91. The molecule has 126 valence electrons. The first-order valence-corrected chi connectivity index (χ1v) is 7.97. The number of para-hydroxylation sites is 1. The van der Waals surface area contributed by atoms with Crippen LogP contribution in [-0.4, -0.2) is 49.4 Å². The third kappa shape index (κ3) is 3.65. The molecule has 2 aromatic rings. The monoisotopic (exact) mass is 327 g/mol. The number of carbonyl (C=O) groups is 1. The highest BCUT2D eigenvalue weighted by molar-refractivity contribution is 5.85. The van der Waals surface area contributed by atoms with Crippen LogP contribution in [0.15, 0.2) is 42.5 Å². The average Bonchev–Trinajstić information content (AvgIpc) is 2.63. The van der Waals surface area contributed by atoms with Gasteiger partial charge in [0.25, 0.3) is 0 Å². The first-order valence-electron chi connectivity index (χ1n) is 7.97. The van der Waals surface area contributed by atoms with E-state index in [0.29, 0.717) is 12.4 Å². The van der Waals surface area contributed by atoms with E-state index in [1.54, 1.807) is 6.07 Å². The van der Waals surface area contributed by atoms with Gasteiger partial charge in [-0.1, -0.05) is 24.3 Å². The van der Waals surface area contributed by atoms with E-state index in [4.69, 9.17) is 9.84 Å². The number of carboxylic acid groups (broad SMARTS) is 1. The second-order valence-electron chi connectivity index (χ2n) is 5.77. The highest BCUT2D eigenvalue weighted by Gasteiger charge is 2.16. The maximum Gasteiger partial charge on any atom is 0.354 e. The predicted molar refractivity (Wildman–Crippen MR) is 92.8 cm³/mol. The molecule has 1 fully saturated rings. The van der Waals surface area contributed by atoms with Crippen LogP contribution in [0, 0.1) is 0 Å². The molecule has 1 saturated heterocycles. The molecule has 1 N–H and O–H groups in total. The minimum atomic E-state index is -1.01. The Morgan fingerprint density at radius 2 is 1.96 bits per heavy atom. The quantitative estimate of drug-likeness (QED) is 0.909. The van der Waals surface area contributed by atoms with E-state index in [9.17, 15) is 4.79 Å². The number of nitrogens with zero attached hydrogens (tertiary/aromatic N) is 3. The zero-order valence-corrected chi connectivity index (χ0v) is 13.7. The van der Waals surface area contributed by atoms with Gasteiger partial charge in [-0.2, -0.15) is 0 Å². The number of pyridine rings is 1. The van der Waals surface area contributed by atoms with E-state index >= 15 is 0 Å². The van der Waals surface area contributed by atoms with E-state index in [1.165, 1.54) is 17.3 Å². The summed E-state index contributed by atoms with van der Waals surface area (Å²) in [5.74, 6) is -0.370. The summed E-state index contributed by atoms with van der Waals surface area (Å²) in [4.78, 5) is 19.6. The minimum absolute atomic E-state index is 0.0563. The molecule has 0 spiro atoms. The zero-order chi connectivity index (χ0) is 16.9. The topological polar surface area (TPSA) is 65.9 Å². The minimum Gasteiger partial charge on any atom is -0.477 e. The number of hydrogen-bond donors (Lipinski definition) is 1. The van der Waals surface area contributed by atoms with Gasteiger partial charge in [-0.15, -0.1) is 0 Å². The molecule has 0 unspecified atom stereocenters. The number of benzene rings is 1. The Morgan fingerprint density at radius 1 is 1.21 bits per heavy atom. The molecular weight excluding hydrogens is 306 g/mol. The van der Waals surface area contributed by atoms with Crippen LogP contribution < -0.4 is 9.80 Å². The summed E-state index contributed by atoms with van der Waals surface area (Å²) in [6.07, 6.45) is 0. The van der Waals surface area contributed by atoms with Crippen LogP contribution in [0.3, 0.4) is 0 Å². The van der Waals surface area contributed by atoms with Crippen molar-refractivity contribution in [2.24, 2.45) is 0 Å². The second kappa shape index (κ2) is 7.31. The highest BCUT2D eigenvalue weighted by Crippen LogP contribution is 2.24. The Kier molecular flexibility index (Phi) is 4.96. The maximum absolute atomic E-state index is 11.1. The largest absolute Gasteiger partial charge is 0.477 e. The predicted octanol–water partition coefficient (Wildman–Crippen LogP) is 2.25. The zero-order valence-electron chi connectivity index (χ0n) is 13.7. The van der Waals surface area contributed by atoms with Gasteiger partial charge in [0, 0.05) is 32.4 Å². The molecule has 1 aromatic heterocycles. The number of aromatic nitrogens is 1. The number of carboxylic acids is 1. The number of ether oxygens (including phenoxy) is 1. The van der Waals surface area contributed by atoms with Gasteiger partial charge in [0.2, 0.25) is 0 Å². The van der Waals surface area contributed by atoms with Crippen molar-refractivity contribution < 1.29 is 14.6 Å². The summed E-state index contributed by atoms with van der Waals surface area (Å²) in [6, 6.07) is 13.3. The molecule has 6 nitrogen and oxygen atoms in total. The average molecular weight is 327 g/mol. The number of morpholine rings is 1. The van der Waals surface area contributed by atoms with Crippen molar-refractivity contribution in [3.8, 4) is 0 Å². The van der Waals surface area contributed by atoms with E-state index < -0.39 is 5.97 Å². The Morgan fingerprint density at radius 3 is 2.71 bits per heavy atom. The van der Waals surface area contributed by atoms with Crippen molar-refractivity contribution in [2.75, 3.05) is 43.2 Å². The smallest absolute Gasteiger partial charge is 0.354 e. The van der Waals surface area contributed by atoms with Gasteiger partial charge in [-0.05, 0) is 23.8 Å². The summed E-state index contributed by atoms with van der Waals surface area (Å²) < 4.78 is 5.43. The van der Waals surface area contributed by atoms with Crippen molar-refractivity contribution in [2.45, 2.75) is 6.54 Å².